The molecule has 9 nitrogen and oxygen atoms in total. The molecule has 0 aliphatic heterocycles. The molecule has 18 heteroatoms. The number of benzene rings is 3. The minimum atomic E-state index is -5.38. The van der Waals surface area contributed by atoms with E-state index in [1.165, 1.54) is 81.4 Å². The maximum absolute atomic E-state index is 14.8. The van der Waals surface area contributed by atoms with Crippen LogP contribution in [0.5, 0.6) is 0 Å². The van der Waals surface area contributed by atoms with Gasteiger partial charge in [0.25, 0.3) is 16.8 Å². The van der Waals surface area contributed by atoms with Gasteiger partial charge in [-0.3, -0.25) is 0 Å². The van der Waals surface area contributed by atoms with E-state index in [-0.39, 0.29) is 17.6 Å². The summed E-state index contributed by atoms with van der Waals surface area (Å²) in [6, 6.07) is 17.7. The van der Waals surface area contributed by atoms with Crippen molar-refractivity contribution in [2.45, 2.75) is 81.2 Å². The van der Waals surface area contributed by atoms with Gasteiger partial charge < -0.3 is 28.4 Å². The molecule has 0 spiro atoms. The van der Waals surface area contributed by atoms with Crippen molar-refractivity contribution in [3.05, 3.63) is 131 Å². The van der Waals surface area contributed by atoms with Crippen molar-refractivity contribution in [1.82, 2.24) is 0 Å². The largest absolute Gasteiger partial charge is 0.459 e. The van der Waals surface area contributed by atoms with Crippen molar-refractivity contribution in [1.29, 1.82) is 0 Å². The number of allylic oxidation sites excluding steroid dienone is 2. The third-order valence-corrected chi connectivity index (χ3v) is 10.3. The summed E-state index contributed by atoms with van der Waals surface area (Å²) >= 11 is 0. The Morgan fingerprint density at radius 2 is 1.02 bits per heavy atom. The van der Waals surface area contributed by atoms with Crippen LogP contribution in [0.2, 0.25) is 0 Å². The summed E-state index contributed by atoms with van der Waals surface area (Å²) in [5.74, 6) is -5.63. The Hall–Kier alpha value is -5.20. The van der Waals surface area contributed by atoms with Crippen LogP contribution in [-0.2, 0) is 59.6 Å². The average molecular weight is 875 g/mol. The Kier molecular flexibility index (Phi) is 14.6. The fourth-order valence-corrected chi connectivity index (χ4v) is 7.35. The quantitative estimate of drug-likeness (QED) is 0.0839. The molecule has 0 radical (unpaired) electrons. The van der Waals surface area contributed by atoms with Crippen LogP contribution in [0.4, 0.5) is 39.5 Å². The van der Waals surface area contributed by atoms with Gasteiger partial charge in [-0.15, -0.1) is 0 Å². The lowest BCUT2D eigenvalue weighted by Gasteiger charge is -2.40. The molecular formula is C43H43F9O9. The van der Waals surface area contributed by atoms with E-state index >= 15 is 0 Å². The SMILES string of the molecule is CO[C@](C(=O)OCC1=C(/C=C/[C@@H](C)OC(=O)[C@@](OC)(c2ccccc2)C(F)(F)F)C(C)(C)C[C@H](OC(=O)[C@@](OC)(c2ccccc2)C(F)(F)F)C1)(c1ccccc1)C(F)(F)F. The number of rotatable bonds is 15. The molecule has 1 aliphatic carbocycles. The summed E-state index contributed by atoms with van der Waals surface area (Å²) in [7, 11) is 1.98. The van der Waals surface area contributed by atoms with E-state index in [0.717, 1.165) is 42.5 Å². The van der Waals surface area contributed by atoms with E-state index in [1.54, 1.807) is 0 Å². The first-order valence-corrected chi connectivity index (χ1v) is 18.4. The first kappa shape index (κ1) is 48.5. The molecule has 0 fully saturated rings. The van der Waals surface area contributed by atoms with Gasteiger partial charge in [-0.25, -0.2) is 14.4 Å². The van der Waals surface area contributed by atoms with E-state index in [4.69, 9.17) is 28.4 Å². The van der Waals surface area contributed by atoms with Gasteiger partial charge in [-0.05, 0) is 36.0 Å². The van der Waals surface area contributed by atoms with Crippen LogP contribution < -0.4 is 0 Å². The van der Waals surface area contributed by atoms with Gasteiger partial charge in [0.15, 0.2) is 0 Å². The topological polar surface area (TPSA) is 107 Å². The number of carbonyl (C=O) groups excluding carboxylic acids is 3. The minimum absolute atomic E-state index is 0.0713. The summed E-state index contributed by atoms with van der Waals surface area (Å²) < 4.78 is 163. The third kappa shape index (κ3) is 9.35. The van der Waals surface area contributed by atoms with Gasteiger partial charge in [-0.1, -0.05) is 111 Å². The molecule has 0 saturated carbocycles. The van der Waals surface area contributed by atoms with Crippen LogP contribution in [0.15, 0.2) is 114 Å². The van der Waals surface area contributed by atoms with Crippen molar-refractivity contribution in [2.24, 2.45) is 5.41 Å². The molecule has 0 saturated heterocycles. The molecule has 0 heterocycles. The standard InChI is InChI=1S/C43H43F9O9/c1-27(60-35(54)39(57-5,42(47,48)49)30-18-12-8-13-19-30)22-23-33-28(26-59-34(53)38(56-4,41(44,45)46)29-16-10-7-11-17-29)24-32(25-37(33,2)3)61-36(55)40(58-6,43(50,51)52)31-20-14-9-15-21-31/h7-23,27,32H,24-26H2,1-6H3/b23-22+/t27-,32-,38+,39+,40+/m1/s1. The molecule has 0 bridgehead atoms. The lowest BCUT2D eigenvalue weighted by molar-refractivity contribution is -0.279. The zero-order valence-electron chi connectivity index (χ0n) is 33.7. The summed E-state index contributed by atoms with van der Waals surface area (Å²) in [5, 5.41) is 0. The Bertz CT molecular complexity index is 2050. The van der Waals surface area contributed by atoms with E-state index in [1.807, 2.05) is 0 Å². The van der Waals surface area contributed by atoms with E-state index in [9.17, 15) is 53.9 Å². The molecule has 332 valence electrons. The molecule has 0 aromatic heterocycles. The van der Waals surface area contributed by atoms with Crippen LogP contribution in [0.1, 0.15) is 50.3 Å². The number of esters is 3. The highest BCUT2D eigenvalue weighted by Crippen LogP contribution is 2.48. The molecular weight excluding hydrogens is 831 g/mol. The molecule has 1 aliphatic rings. The predicted molar refractivity (Wildman–Crippen MR) is 199 cm³/mol. The third-order valence-electron chi connectivity index (χ3n) is 10.3. The Labute approximate surface area is 345 Å². The number of hydrogen-bond acceptors (Lipinski definition) is 9. The van der Waals surface area contributed by atoms with E-state index in [2.05, 4.69) is 0 Å². The highest BCUT2D eigenvalue weighted by atomic mass is 19.4. The Morgan fingerprint density at radius 1 is 0.639 bits per heavy atom. The van der Waals surface area contributed by atoms with Crippen molar-refractivity contribution in [3.63, 3.8) is 0 Å². The van der Waals surface area contributed by atoms with Crippen LogP contribution in [0, 0.1) is 5.41 Å². The van der Waals surface area contributed by atoms with Gasteiger partial charge in [0.1, 0.15) is 18.8 Å². The van der Waals surface area contributed by atoms with Crippen LogP contribution in [-0.4, -0.2) is 76.6 Å². The fraction of sp³-hybridized carbons (Fsp3) is 0.419. The highest BCUT2D eigenvalue weighted by Gasteiger charge is 2.66. The summed E-state index contributed by atoms with van der Waals surface area (Å²) in [5.41, 5.74) is -13.8. The second-order valence-corrected chi connectivity index (χ2v) is 14.6. The second-order valence-electron chi connectivity index (χ2n) is 14.6. The zero-order valence-corrected chi connectivity index (χ0v) is 33.7. The Balaban J connectivity index is 1.77. The van der Waals surface area contributed by atoms with Crippen molar-refractivity contribution >= 4 is 17.9 Å². The molecule has 4 rings (SSSR count). The Morgan fingerprint density at radius 3 is 1.39 bits per heavy atom. The first-order valence-electron chi connectivity index (χ1n) is 18.4. The minimum Gasteiger partial charge on any atom is -0.459 e. The predicted octanol–water partition coefficient (Wildman–Crippen LogP) is 9.36. The van der Waals surface area contributed by atoms with Gasteiger partial charge >= 0.3 is 36.4 Å². The van der Waals surface area contributed by atoms with Crippen LogP contribution >= 0.6 is 0 Å². The summed E-state index contributed by atoms with van der Waals surface area (Å²) in [6.45, 7) is 3.27. The summed E-state index contributed by atoms with van der Waals surface area (Å²) in [4.78, 5) is 40.5. The van der Waals surface area contributed by atoms with Gasteiger partial charge in [0.2, 0.25) is 0 Å². The van der Waals surface area contributed by atoms with E-state index in [0.29, 0.717) is 21.3 Å². The molecule has 0 amide bonds. The van der Waals surface area contributed by atoms with Crippen molar-refractivity contribution in [2.75, 3.05) is 27.9 Å². The number of methoxy groups -OCH3 is 3. The second kappa shape index (κ2) is 18.4. The smallest absolute Gasteiger partial charge is 0.432 e. The van der Waals surface area contributed by atoms with Crippen molar-refractivity contribution in [3.8, 4) is 0 Å². The summed E-state index contributed by atoms with van der Waals surface area (Å²) in [6.07, 6.45) is -17.3. The first-order chi connectivity index (χ1) is 28.4. The van der Waals surface area contributed by atoms with Crippen LogP contribution in [0.3, 0.4) is 0 Å². The number of hydrogen-bond donors (Lipinski definition) is 0. The van der Waals surface area contributed by atoms with Crippen LogP contribution in [0.25, 0.3) is 0 Å². The van der Waals surface area contributed by atoms with E-state index < -0.39 is 101 Å². The average Bonchev–Trinajstić information content (AvgIpc) is 3.17. The monoisotopic (exact) mass is 874 g/mol. The maximum Gasteiger partial charge on any atom is 0.432 e. The number of alkyl halides is 9. The van der Waals surface area contributed by atoms with Gasteiger partial charge in [0, 0.05) is 44.4 Å². The van der Waals surface area contributed by atoms with Gasteiger partial charge in [-0.2, -0.15) is 39.5 Å². The number of carbonyl (C=O) groups is 3. The lowest BCUT2D eigenvalue weighted by Crippen LogP contribution is -2.53. The number of halogens is 9. The van der Waals surface area contributed by atoms with Crippen molar-refractivity contribution < 1.29 is 82.3 Å². The molecule has 0 unspecified atom stereocenters. The fourth-order valence-electron chi connectivity index (χ4n) is 7.35. The molecule has 3 aromatic rings. The molecule has 0 N–H and O–H groups in total. The maximum atomic E-state index is 14.8. The number of ether oxygens (including phenoxy) is 6. The lowest BCUT2D eigenvalue weighted by atomic mass is 9.71. The van der Waals surface area contributed by atoms with Gasteiger partial charge in [0.05, 0.1) is 0 Å². The highest BCUT2D eigenvalue weighted by molar-refractivity contribution is 5.84. The molecule has 61 heavy (non-hydrogen) atoms. The normalized spacial score (nSPS) is 19.6. The zero-order chi connectivity index (χ0) is 45.7. The molecule has 3 aromatic carbocycles. The molecule has 5 atom stereocenters.